The molecule has 4 aromatic carbocycles. The molecule has 0 bridgehead atoms. The van der Waals surface area contributed by atoms with Crippen LogP contribution in [0.3, 0.4) is 0 Å². The van der Waals surface area contributed by atoms with E-state index in [0.29, 0.717) is 22.8 Å². The van der Waals surface area contributed by atoms with Crippen LogP contribution in [0.25, 0.3) is 10.8 Å². The molecule has 178 valence electrons. The van der Waals surface area contributed by atoms with Gasteiger partial charge < -0.3 is 19.9 Å². The van der Waals surface area contributed by atoms with E-state index in [9.17, 15) is 10.1 Å². The van der Waals surface area contributed by atoms with Gasteiger partial charge in [0.1, 0.15) is 28.9 Å². The highest BCUT2D eigenvalue weighted by Crippen LogP contribution is 2.46. The molecule has 1 heterocycles. The maximum absolute atomic E-state index is 12.8. The monoisotopic (exact) mass is 540 g/mol. The number of ether oxygens (including phenoxy) is 3. The van der Waals surface area contributed by atoms with Gasteiger partial charge in [-0.3, -0.25) is 4.79 Å². The molecule has 1 unspecified atom stereocenters. The normalized spacial score (nSPS) is 14.5. The number of hydrogen-bond acceptors (Lipinski definition) is 6. The summed E-state index contributed by atoms with van der Waals surface area (Å²) >= 11 is 3.50. The van der Waals surface area contributed by atoms with E-state index in [0.717, 1.165) is 26.4 Å². The number of halogens is 1. The molecule has 5 rings (SSSR count). The molecular weight excluding hydrogens is 520 g/mol. The van der Waals surface area contributed by atoms with Crippen molar-refractivity contribution in [1.29, 1.82) is 5.26 Å². The predicted molar refractivity (Wildman–Crippen MR) is 140 cm³/mol. The van der Waals surface area contributed by atoms with Crippen molar-refractivity contribution < 1.29 is 19.0 Å². The Balaban J connectivity index is 1.46. The first-order valence-electron chi connectivity index (χ1n) is 11.2. The van der Waals surface area contributed by atoms with Crippen LogP contribution >= 0.6 is 15.9 Å². The van der Waals surface area contributed by atoms with E-state index in [1.165, 1.54) is 0 Å². The van der Waals surface area contributed by atoms with Crippen LogP contribution in [0.2, 0.25) is 0 Å². The third-order valence-electron chi connectivity index (χ3n) is 6.14. The number of allylic oxidation sites excluding steroid dienone is 1. The van der Waals surface area contributed by atoms with Gasteiger partial charge in [-0.15, -0.1) is 0 Å². The number of nitrogens with zero attached hydrogens (tertiary/aromatic N) is 1. The number of carbonyl (C=O) groups is 1. The fraction of sp³-hybridized carbons (Fsp3) is 0.103. The number of nitrogens with two attached hydrogens (primary N) is 1. The first-order chi connectivity index (χ1) is 17.5. The molecule has 0 aromatic heterocycles. The molecule has 4 aromatic rings. The molecule has 0 spiro atoms. The summed E-state index contributed by atoms with van der Waals surface area (Å²) < 4.78 is 17.8. The molecule has 0 amide bonds. The van der Waals surface area contributed by atoms with Gasteiger partial charge >= 0.3 is 5.97 Å². The van der Waals surface area contributed by atoms with Gasteiger partial charge in [-0.05, 0) is 40.6 Å². The summed E-state index contributed by atoms with van der Waals surface area (Å²) in [6.07, 6.45) is 0.123. The Hall–Kier alpha value is -4.28. The van der Waals surface area contributed by atoms with Crippen LogP contribution < -0.4 is 19.9 Å². The van der Waals surface area contributed by atoms with Crippen LogP contribution in [0, 0.1) is 11.3 Å². The minimum atomic E-state index is -0.508. The molecule has 36 heavy (non-hydrogen) atoms. The second kappa shape index (κ2) is 9.76. The van der Waals surface area contributed by atoms with E-state index < -0.39 is 11.9 Å². The predicted octanol–water partition coefficient (Wildman–Crippen LogP) is 5.98. The standard InChI is InChI=1S/C29H21BrN2O4/c1-34-25-12-9-19(30)14-23(25)28-22-11-10-20(15-26(22)36-29(32)24(28)16-31)35-27(33)13-18-7-4-6-17-5-2-3-8-21(17)18/h2-12,14-15,28H,13,32H2,1H3. The van der Waals surface area contributed by atoms with E-state index in [4.69, 9.17) is 19.9 Å². The van der Waals surface area contributed by atoms with Crippen LogP contribution in [-0.2, 0) is 11.2 Å². The van der Waals surface area contributed by atoms with Crippen LogP contribution in [0.5, 0.6) is 17.2 Å². The highest BCUT2D eigenvalue weighted by atomic mass is 79.9. The molecule has 0 aliphatic carbocycles. The zero-order chi connectivity index (χ0) is 25.2. The first kappa shape index (κ1) is 23.5. The Morgan fingerprint density at radius 2 is 1.86 bits per heavy atom. The topological polar surface area (TPSA) is 94.6 Å². The summed E-state index contributed by atoms with van der Waals surface area (Å²) in [4.78, 5) is 12.8. The lowest BCUT2D eigenvalue weighted by molar-refractivity contribution is -0.133. The Bertz CT molecular complexity index is 1570. The molecule has 1 aliphatic heterocycles. The lowest BCUT2D eigenvalue weighted by atomic mass is 9.83. The van der Waals surface area contributed by atoms with Gasteiger partial charge in [-0.2, -0.15) is 5.26 Å². The lowest BCUT2D eigenvalue weighted by Gasteiger charge is -2.27. The summed E-state index contributed by atoms with van der Waals surface area (Å²) in [5.41, 5.74) is 8.78. The van der Waals surface area contributed by atoms with Crippen LogP contribution in [0.4, 0.5) is 0 Å². The maximum Gasteiger partial charge on any atom is 0.315 e. The van der Waals surface area contributed by atoms with E-state index >= 15 is 0 Å². The molecule has 0 radical (unpaired) electrons. The van der Waals surface area contributed by atoms with Gasteiger partial charge in [0.2, 0.25) is 5.88 Å². The summed E-state index contributed by atoms with van der Waals surface area (Å²) in [6.45, 7) is 0. The molecule has 0 saturated carbocycles. The third-order valence-corrected chi connectivity index (χ3v) is 6.63. The molecule has 1 atom stereocenters. The third kappa shape index (κ3) is 4.39. The van der Waals surface area contributed by atoms with Crippen LogP contribution in [0.1, 0.15) is 22.6 Å². The van der Waals surface area contributed by atoms with Gasteiger partial charge in [-0.1, -0.05) is 64.5 Å². The number of rotatable bonds is 5. The number of esters is 1. The van der Waals surface area contributed by atoms with Crippen molar-refractivity contribution in [2.45, 2.75) is 12.3 Å². The van der Waals surface area contributed by atoms with Gasteiger partial charge in [0.05, 0.1) is 19.4 Å². The minimum Gasteiger partial charge on any atom is -0.496 e. The first-order valence-corrected chi connectivity index (χ1v) is 12.0. The second-order valence-corrected chi connectivity index (χ2v) is 9.22. The van der Waals surface area contributed by atoms with Crippen molar-refractivity contribution in [2.24, 2.45) is 5.73 Å². The fourth-order valence-corrected chi connectivity index (χ4v) is 4.90. The maximum atomic E-state index is 12.8. The van der Waals surface area contributed by atoms with Crippen molar-refractivity contribution >= 4 is 32.7 Å². The van der Waals surface area contributed by atoms with E-state index in [-0.39, 0.29) is 17.9 Å². The highest BCUT2D eigenvalue weighted by molar-refractivity contribution is 9.10. The average Bonchev–Trinajstić information content (AvgIpc) is 2.88. The van der Waals surface area contributed by atoms with Crippen molar-refractivity contribution in [3.05, 3.63) is 111 Å². The zero-order valence-electron chi connectivity index (χ0n) is 19.3. The molecule has 0 fully saturated rings. The van der Waals surface area contributed by atoms with E-state index in [1.807, 2.05) is 60.7 Å². The van der Waals surface area contributed by atoms with Gasteiger partial charge in [-0.25, -0.2) is 0 Å². The highest BCUT2D eigenvalue weighted by Gasteiger charge is 2.33. The summed E-state index contributed by atoms with van der Waals surface area (Å²) in [6, 6.07) is 26.6. The molecule has 6 nitrogen and oxygen atoms in total. The Morgan fingerprint density at radius 3 is 2.67 bits per heavy atom. The van der Waals surface area contributed by atoms with Crippen molar-refractivity contribution in [3.8, 4) is 23.3 Å². The number of methoxy groups -OCH3 is 1. The van der Waals surface area contributed by atoms with Crippen molar-refractivity contribution in [1.82, 2.24) is 0 Å². The zero-order valence-corrected chi connectivity index (χ0v) is 20.9. The van der Waals surface area contributed by atoms with Gasteiger partial charge in [0.25, 0.3) is 0 Å². The SMILES string of the molecule is COc1ccc(Br)cc1C1C(C#N)=C(N)Oc2cc(OC(=O)Cc3cccc4ccccc34)ccc21. The smallest absolute Gasteiger partial charge is 0.315 e. The number of fused-ring (bicyclic) bond motifs is 2. The van der Waals surface area contributed by atoms with Crippen LogP contribution in [-0.4, -0.2) is 13.1 Å². The average molecular weight is 541 g/mol. The number of hydrogen-bond donors (Lipinski definition) is 1. The Labute approximate surface area is 216 Å². The Morgan fingerprint density at radius 1 is 1.06 bits per heavy atom. The second-order valence-electron chi connectivity index (χ2n) is 8.30. The van der Waals surface area contributed by atoms with Crippen LogP contribution in [0.15, 0.2) is 94.8 Å². The van der Waals surface area contributed by atoms with Crippen molar-refractivity contribution in [3.63, 3.8) is 0 Å². The lowest BCUT2D eigenvalue weighted by Crippen LogP contribution is -2.21. The van der Waals surface area contributed by atoms with Crippen molar-refractivity contribution in [2.75, 3.05) is 7.11 Å². The molecule has 7 heteroatoms. The molecule has 2 N–H and O–H groups in total. The quantitative estimate of drug-likeness (QED) is 0.247. The fourth-order valence-electron chi connectivity index (χ4n) is 4.52. The van der Waals surface area contributed by atoms with E-state index in [1.54, 1.807) is 25.3 Å². The molecule has 0 saturated heterocycles. The van der Waals surface area contributed by atoms with Gasteiger partial charge in [0, 0.05) is 21.7 Å². The summed E-state index contributed by atoms with van der Waals surface area (Å²) in [7, 11) is 1.57. The molecular formula is C29H21BrN2O4. The largest absolute Gasteiger partial charge is 0.496 e. The number of nitriles is 1. The molecule has 1 aliphatic rings. The summed E-state index contributed by atoms with van der Waals surface area (Å²) in [5.74, 6) is 0.444. The van der Waals surface area contributed by atoms with Gasteiger partial charge in [0.15, 0.2) is 0 Å². The Kier molecular flexibility index (Phi) is 6.36. The summed E-state index contributed by atoms with van der Waals surface area (Å²) in [5, 5.41) is 11.9. The number of carbonyl (C=O) groups excluding carboxylic acids is 1. The number of benzene rings is 4. The van der Waals surface area contributed by atoms with E-state index in [2.05, 4.69) is 22.0 Å². The minimum absolute atomic E-state index is 0.00346.